The predicted molar refractivity (Wildman–Crippen MR) is 153 cm³/mol. The minimum atomic E-state index is -0.591. The number of ether oxygens (including phenoxy) is 1. The summed E-state index contributed by atoms with van der Waals surface area (Å²) in [4.78, 5) is 11.7. The van der Waals surface area contributed by atoms with Gasteiger partial charge < -0.3 is 14.5 Å². The molecule has 216 valence electrons. The average Bonchev–Trinajstić information content (AvgIpc) is 2.84. The molecule has 1 amide bonds. The number of alkyl carbamates (subject to hydrolysis) is 1. The Bertz CT molecular complexity index is 697. The molecule has 0 saturated heterocycles. The lowest BCUT2D eigenvalue weighted by Crippen LogP contribution is -2.50. The molecule has 0 aromatic heterocycles. The Labute approximate surface area is 227 Å². The van der Waals surface area contributed by atoms with Gasteiger partial charge in [-0.3, -0.25) is 0 Å². The van der Waals surface area contributed by atoms with Gasteiger partial charge in [-0.1, -0.05) is 60.3 Å². The zero-order chi connectivity index (χ0) is 28.3. The van der Waals surface area contributed by atoms with Crippen LogP contribution in [0.3, 0.4) is 0 Å². The summed E-state index contributed by atoms with van der Waals surface area (Å²) in [5.41, 5.74) is -0.347. The van der Waals surface area contributed by atoms with E-state index in [1.165, 1.54) is 82.0 Å². The smallest absolute Gasteiger partial charge is 0.407 e. The second kappa shape index (κ2) is 19.4. The summed E-state index contributed by atoms with van der Waals surface area (Å²) >= 11 is 0. The van der Waals surface area contributed by atoms with Gasteiger partial charge in [0.05, 0.1) is 26.2 Å². The van der Waals surface area contributed by atoms with Crippen LogP contribution in [0.25, 0.3) is 0 Å². The number of hydrogen-bond donors (Lipinski definition) is 1. The van der Waals surface area contributed by atoms with E-state index in [4.69, 9.17) is 4.74 Å². The molecule has 1 N–H and O–H groups in total. The first-order chi connectivity index (χ1) is 17.5. The van der Waals surface area contributed by atoms with Gasteiger partial charge in [-0.2, -0.15) is 0 Å². The zero-order valence-electron chi connectivity index (χ0n) is 25.2. The summed E-state index contributed by atoms with van der Waals surface area (Å²) < 4.78 is 33.2. The van der Waals surface area contributed by atoms with Gasteiger partial charge in [-0.25, -0.2) is 13.6 Å². The summed E-state index contributed by atoms with van der Waals surface area (Å²) in [5, 5.41) is 2.67. The van der Waals surface area contributed by atoms with E-state index in [9.17, 15) is 13.6 Å². The molecule has 37 heavy (non-hydrogen) atoms. The molecule has 0 bridgehead atoms. The number of quaternary nitrogens is 1. The van der Waals surface area contributed by atoms with E-state index >= 15 is 0 Å². The molecule has 0 spiro atoms. The molecule has 0 aliphatic heterocycles. The van der Waals surface area contributed by atoms with Crippen LogP contribution >= 0.6 is 0 Å². The average molecular weight is 528 g/mol. The van der Waals surface area contributed by atoms with Crippen molar-refractivity contribution in [1.29, 1.82) is 0 Å². The van der Waals surface area contributed by atoms with E-state index in [1.807, 2.05) is 6.92 Å². The van der Waals surface area contributed by atoms with Gasteiger partial charge in [0, 0.05) is 6.04 Å². The highest BCUT2D eigenvalue weighted by atomic mass is 19.1. The SMILES string of the molecule is CCC(Cc1cc(F)ccc1F)NC(=O)OC(C)(C)C.CCCC[N+](CCCC)(CCCC)CCCC. The van der Waals surface area contributed by atoms with Crippen LogP contribution in [0.1, 0.15) is 119 Å². The number of carbonyl (C=O) groups is 1. The number of nitrogens with zero attached hydrogens (tertiary/aromatic N) is 1. The maximum absolute atomic E-state index is 13.6. The third kappa shape index (κ3) is 16.7. The third-order valence-corrected chi connectivity index (χ3v) is 6.63. The first-order valence-electron chi connectivity index (χ1n) is 14.7. The number of nitrogens with one attached hydrogen (secondary N) is 1. The third-order valence-electron chi connectivity index (χ3n) is 6.63. The molecule has 1 aromatic rings. The Morgan fingerprint density at radius 1 is 0.865 bits per heavy atom. The van der Waals surface area contributed by atoms with Gasteiger partial charge in [-0.05, 0) is 83.1 Å². The Morgan fingerprint density at radius 2 is 1.32 bits per heavy atom. The normalized spacial score (nSPS) is 12.5. The maximum atomic E-state index is 13.6. The Balaban J connectivity index is 0.000000712. The van der Waals surface area contributed by atoms with Gasteiger partial charge in [0.2, 0.25) is 0 Å². The van der Waals surface area contributed by atoms with Gasteiger partial charge >= 0.3 is 6.09 Å². The van der Waals surface area contributed by atoms with E-state index in [1.54, 1.807) is 20.8 Å². The highest BCUT2D eigenvalue weighted by molar-refractivity contribution is 5.68. The van der Waals surface area contributed by atoms with Gasteiger partial charge in [0.1, 0.15) is 17.2 Å². The van der Waals surface area contributed by atoms with Crippen molar-refractivity contribution in [1.82, 2.24) is 5.32 Å². The molecular formula is C31H57F2N2O2+. The number of carbonyl (C=O) groups excluding carboxylic acids is 1. The highest BCUT2D eigenvalue weighted by Crippen LogP contribution is 2.17. The number of rotatable bonds is 16. The fraction of sp³-hybridized carbons (Fsp3) is 0.774. The van der Waals surface area contributed by atoms with Crippen molar-refractivity contribution in [3.05, 3.63) is 35.4 Å². The van der Waals surface area contributed by atoms with Crippen molar-refractivity contribution in [2.24, 2.45) is 0 Å². The second-order valence-corrected chi connectivity index (χ2v) is 11.3. The minimum absolute atomic E-state index is 0.222. The van der Waals surface area contributed by atoms with Crippen LogP contribution in [0.5, 0.6) is 0 Å². The Kier molecular flexibility index (Phi) is 18.5. The zero-order valence-corrected chi connectivity index (χ0v) is 25.2. The van der Waals surface area contributed by atoms with Crippen molar-refractivity contribution < 1.29 is 22.8 Å². The lowest BCUT2D eigenvalue weighted by Gasteiger charge is -2.39. The molecule has 1 atom stereocenters. The van der Waals surface area contributed by atoms with Crippen LogP contribution in [-0.2, 0) is 11.2 Å². The lowest BCUT2D eigenvalue weighted by molar-refractivity contribution is -0.929. The molecule has 6 heteroatoms. The largest absolute Gasteiger partial charge is 0.444 e. The standard InChI is InChI=1S/C16H36N.C15H21F2NO2/c1-5-9-13-17(14-10-6-2,15-11-7-3)16-12-8-4;1-5-12(18-14(19)20-15(2,3)4)9-10-8-11(16)6-7-13(10)17/h5-16H2,1-4H3;6-8,12H,5,9H2,1-4H3,(H,18,19)/q+1;. The molecule has 0 fully saturated rings. The van der Waals surface area contributed by atoms with Crippen molar-refractivity contribution in [2.75, 3.05) is 26.2 Å². The van der Waals surface area contributed by atoms with E-state index < -0.39 is 23.3 Å². The van der Waals surface area contributed by atoms with Crippen LogP contribution in [0, 0.1) is 11.6 Å². The Morgan fingerprint density at radius 3 is 1.70 bits per heavy atom. The maximum Gasteiger partial charge on any atom is 0.407 e. The molecule has 0 heterocycles. The van der Waals surface area contributed by atoms with E-state index in [2.05, 4.69) is 33.0 Å². The molecule has 0 aliphatic rings. The highest BCUT2D eigenvalue weighted by Gasteiger charge is 2.24. The van der Waals surface area contributed by atoms with Crippen molar-refractivity contribution in [3.8, 4) is 0 Å². The van der Waals surface area contributed by atoms with Gasteiger partial charge in [0.15, 0.2) is 0 Å². The van der Waals surface area contributed by atoms with Gasteiger partial charge in [0.25, 0.3) is 0 Å². The molecule has 1 aromatic carbocycles. The predicted octanol–water partition coefficient (Wildman–Crippen LogP) is 8.81. The fourth-order valence-electron chi connectivity index (χ4n) is 4.38. The molecule has 0 aliphatic carbocycles. The lowest BCUT2D eigenvalue weighted by atomic mass is 10.0. The van der Waals surface area contributed by atoms with Crippen molar-refractivity contribution in [2.45, 2.75) is 131 Å². The summed E-state index contributed by atoms with van der Waals surface area (Å²) in [5.74, 6) is -0.968. The van der Waals surface area contributed by atoms with Gasteiger partial charge in [-0.15, -0.1) is 0 Å². The Hall–Kier alpha value is -1.69. The van der Waals surface area contributed by atoms with Crippen LogP contribution < -0.4 is 5.32 Å². The number of unbranched alkanes of at least 4 members (excludes halogenated alkanes) is 4. The second-order valence-electron chi connectivity index (χ2n) is 11.3. The molecular weight excluding hydrogens is 470 g/mol. The number of amides is 1. The van der Waals surface area contributed by atoms with Crippen molar-refractivity contribution >= 4 is 6.09 Å². The van der Waals surface area contributed by atoms with Crippen molar-refractivity contribution in [3.63, 3.8) is 0 Å². The topological polar surface area (TPSA) is 38.3 Å². The number of halogens is 2. The van der Waals surface area contributed by atoms with Crippen LogP contribution in [-0.4, -0.2) is 48.4 Å². The molecule has 0 saturated carbocycles. The first-order valence-corrected chi connectivity index (χ1v) is 14.7. The van der Waals surface area contributed by atoms with E-state index in [-0.39, 0.29) is 18.0 Å². The van der Waals surface area contributed by atoms with Crippen LogP contribution in [0.15, 0.2) is 18.2 Å². The molecule has 4 nitrogen and oxygen atoms in total. The number of hydrogen-bond acceptors (Lipinski definition) is 2. The summed E-state index contributed by atoms with van der Waals surface area (Å²) in [6, 6.07) is 3.00. The van der Waals surface area contributed by atoms with Crippen LogP contribution in [0.2, 0.25) is 0 Å². The molecule has 1 rings (SSSR count). The first kappa shape index (κ1) is 35.3. The molecule has 0 radical (unpaired) electrons. The van der Waals surface area contributed by atoms with E-state index in [0.717, 1.165) is 18.2 Å². The summed E-state index contributed by atoms with van der Waals surface area (Å²) in [7, 11) is 0. The van der Waals surface area contributed by atoms with E-state index in [0.29, 0.717) is 6.42 Å². The molecule has 1 unspecified atom stereocenters. The monoisotopic (exact) mass is 527 g/mol. The summed E-state index contributed by atoms with van der Waals surface area (Å²) in [6.07, 6.45) is 11.3. The fourth-order valence-corrected chi connectivity index (χ4v) is 4.38. The minimum Gasteiger partial charge on any atom is -0.444 e. The quantitative estimate of drug-likeness (QED) is 0.218. The summed E-state index contributed by atoms with van der Waals surface area (Å²) in [6.45, 7) is 22.2. The van der Waals surface area contributed by atoms with Crippen LogP contribution in [0.4, 0.5) is 13.6 Å². The number of benzene rings is 1.